The molecule has 4 aliphatic rings. The first-order valence-corrected chi connectivity index (χ1v) is 13.4. The Bertz CT molecular complexity index is 1090. The highest BCUT2D eigenvalue weighted by atomic mass is 35.5. The molecule has 1 N–H and O–H groups in total. The number of ether oxygens (including phenoxy) is 1. The standard InChI is InChI=1S/C26H29ClN2O5S/c1-2-16(15-30)29-22-24(32)28(18-10-6-5-9-17(18)27)13-8-12-26(22)21(23(29)31)20-19(35-26)11-4-3-7-14-34-25(20)33/h4-6,8-12,16,19-22,30H,2-3,7,13-15H2,1H3/b11-4-/t16-,19-,20+,21-,22?,26-/m0/s1. The van der Waals surface area contributed by atoms with Gasteiger partial charge in [-0.2, -0.15) is 0 Å². The minimum Gasteiger partial charge on any atom is -0.465 e. The second-order valence-electron chi connectivity index (χ2n) is 9.37. The van der Waals surface area contributed by atoms with E-state index in [9.17, 15) is 19.5 Å². The SMILES string of the molecule is CC[C@@H](CO)N1C(=O)[C@@H]2[C@@H]3C(=O)OCCC/C=C\[C@@H]3S[C@@]23C=CCN(c2ccccc2Cl)C(=O)C13. The van der Waals surface area contributed by atoms with Gasteiger partial charge < -0.3 is 19.6 Å². The van der Waals surface area contributed by atoms with Crippen molar-refractivity contribution in [1.29, 1.82) is 0 Å². The number of carbonyl (C=O) groups excluding carboxylic acids is 3. The van der Waals surface area contributed by atoms with Crippen LogP contribution >= 0.6 is 23.4 Å². The van der Waals surface area contributed by atoms with Crippen molar-refractivity contribution in [2.75, 3.05) is 24.7 Å². The number of aliphatic hydroxyl groups excluding tert-OH is 1. The number of cyclic esters (lactones) is 1. The zero-order chi connectivity index (χ0) is 24.7. The third-order valence-electron chi connectivity index (χ3n) is 7.51. The number of anilines is 1. The summed E-state index contributed by atoms with van der Waals surface area (Å²) in [4.78, 5) is 44.8. The summed E-state index contributed by atoms with van der Waals surface area (Å²) in [6.07, 6.45) is 9.90. The number of hydrogen-bond acceptors (Lipinski definition) is 6. The van der Waals surface area contributed by atoms with E-state index in [2.05, 4.69) is 0 Å². The number of rotatable bonds is 4. The molecule has 0 bridgehead atoms. The number of amides is 2. The molecule has 1 aromatic rings. The van der Waals surface area contributed by atoms with Crippen molar-refractivity contribution in [2.24, 2.45) is 11.8 Å². The molecule has 4 aliphatic heterocycles. The fraction of sp³-hybridized carbons (Fsp3) is 0.500. The smallest absolute Gasteiger partial charge is 0.311 e. The van der Waals surface area contributed by atoms with Crippen LogP contribution in [-0.4, -0.2) is 69.6 Å². The maximum absolute atomic E-state index is 14.3. The van der Waals surface area contributed by atoms with Gasteiger partial charge in [0, 0.05) is 11.8 Å². The molecule has 2 amide bonds. The predicted octanol–water partition coefficient (Wildman–Crippen LogP) is 3.20. The number of fused-ring (bicyclic) bond motifs is 2. The van der Waals surface area contributed by atoms with E-state index in [1.165, 1.54) is 11.8 Å². The zero-order valence-electron chi connectivity index (χ0n) is 19.5. The molecule has 1 aromatic carbocycles. The minimum atomic E-state index is -0.954. The number of esters is 1. The summed E-state index contributed by atoms with van der Waals surface area (Å²) >= 11 is 7.96. The summed E-state index contributed by atoms with van der Waals surface area (Å²) in [7, 11) is 0. The number of carbonyl (C=O) groups is 3. The van der Waals surface area contributed by atoms with E-state index in [0.717, 1.165) is 12.8 Å². The van der Waals surface area contributed by atoms with Gasteiger partial charge in [-0.05, 0) is 31.4 Å². The Hall–Kier alpha value is -2.29. The summed E-state index contributed by atoms with van der Waals surface area (Å²) in [5.74, 6) is -2.39. The van der Waals surface area contributed by atoms with E-state index in [0.29, 0.717) is 30.3 Å². The highest BCUT2D eigenvalue weighted by molar-refractivity contribution is 8.02. The molecule has 7 nitrogen and oxygen atoms in total. The van der Waals surface area contributed by atoms with Gasteiger partial charge in [-0.15, -0.1) is 11.8 Å². The van der Waals surface area contributed by atoms with Gasteiger partial charge in [0.05, 0.1) is 46.5 Å². The van der Waals surface area contributed by atoms with Crippen molar-refractivity contribution in [1.82, 2.24) is 4.90 Å². The lowest BCUT2D eigenvalue weighted by molar-refractivity contribution is -0.153. The van der Waals surface area contributed by atoms with E-state index < -0.39 is 34.6 Å². The van der Waals surface area contributed by atoms with Gasteiger partial charge in [-0.25, -0.2) is 0 Å². The normalized spacial score (nSPS) is 34.2. The van der Waals surface area contributed by atoms with E-state index in [4.69, 9.17) is 16.3 Å². The lowest BCUT2D eigenvalue weighted by Gasteiger charge is -2.38. The van der Waals surface area contributed by atoms with Crippen LogP contribution in [0, 0.1) is 11.8 Å². The molecule has 0 radical (unpaired) electrons. The van der Waals surface area contributed by atoms with Gasteiger partial charge in [0.25, 0.3) is 5.91 Å². The first kappa shape index (κ1) is 24.4. The lowest BCUT2D eigenvalue weighted by atomic mass is 9.78. The summed E-state index contributed by atoms with van der Waals surface area (Å²) in [5.41, 5.74) is 0.568. The summed E-state index contributed by atoms with van der Waals surface area (Å²) < 4.78 is 4.62. The van der Waals surface area contributed by atoms with Crippen molar-refractivity contribution in [2.45, 2.75) is 48.3 Å². The number of thioether (sulfide) groups is 1. The summed E-state index contributed by atoms with van der Waals surface area (Å²) in [5, 5.41) is 10.3. The Balaban J connectivity index is 1.66. The van der Waals surface area contributed by atoms with Crippen molar-refractivity contribution >= 4 is 46.8 Å². The van der Waals surface area contributed by atoms with Crippen molar-refractivity contribution in [3.05, 3.63) is 53.6 Å². The van der Waals surface area contributed by atoms with Crippen LogP contribution in [0.15, 0.2) is 48.6 Å². The number of hydrogen-bond donors (Lipinski definition) is 1. The summed E-state index contributed by atoms with van der Waals surface area (Å²) in [6, 6.07) is 5.71. The maximum Gasteiger partial charge on any atom is 0.311 e. The van der Waals surface area contributed by atoms with E-state index in [1.807, 2.05) is 37.3 Å². The van der Waals surface area contributed by atoms with Crippen LogP contribution in [0.5, 0.6) is 0 Å². The molecule has 0 aromatic heterocycles. The molecule has 6 atom stereocenters. The largest absolute Gasteiger partial charge is 0.465 e. The van der Waals surface area contributed by atoms with Crippen LogP contribution in [0.25, 0.3) is 0 Å². The minimum absolute atomic E-state index is 0.262. The molecule has 5 rings (SSSR count). The van der Waals surface area contributed by atoms with Crippen molar-refractivity contribution in [3.8, 4) is 0 Å². The van der Waals surface area contributed by atoms with Gasteiger partial charge in [-0.1, -0.05) is 55.0 Å². The molecular formula is C26H29ClN2O5S. The third kappa shape index (κ3) is 3.81. The van der Waals surface area contributed by atoms with E-state index in [-0.39, 0.29) is 23.7 Å². The predicted molar refractivity (Wildman–Crippen MR) is 135 cm³/mol. The summed E-state index contributed by atoms with van der Waals surface area (Å²) in [6.45, 7) is 2.21. The molecule has 1 unspecified atom stereocenters. The third-order valence-corrected chi connectivity index (χ3v) is 9.57. The number of halogens is 1. The molecule has 186 valence electrons. The number of nitrogens with zero attached hydrogens (tertiary/aromatic N) is 2. The van der Waals surface area contributed by atoms with Crippen LogP contribution in [0.1, 0.15) is 26.2 Å². The second-order valence-corrected chi connectivity index (χ2v) is 11.3. The first-order chi connectivity index (χ1) is 16.9. The number of benzene rings is 1. The fourth-order valence-corrected chi connectivity index (χ4v) is 8.11. The average Bonchev–Trinajstić information content (AvgIpc) is 3.26. The van der Waals surface area contributed by atoms with Gasteiger partial charge in [0.2, 0.25) is 5.91 Å². The highest BCUT2D eigenvalue weighted by Crippen LogP contribution is 2.61. The number of allylic oxidation sites excluding steroid dienone is 1. The number of para-hydroxylation sites is 1. The van der Waals surface area contributed by atoms with Crippen LogP contribution in [0.3, 0.4) is 0 Å². The highest BCUT2D eigenvalue weighted by Gasteiger charge is 2.71. The lowest BCUT2D eigenvalue weighted by Crippen LogP contribution is -2.56. The van der Waals surface area contributed by atoms with Crippen molar-refractivity contribution < 1.29 is 24.2 Å². The molecule has 2 saturated heterocycles. The molecule has 1 spiro atoms. The molecule has 35 heavy (non-hydrogen) atoms. The average molecular weight is 517 g/mol. The van der Waals surface area contributed by atoms with Gasteiger partial charge >= 0.3 is 5.97 Å². The van der Waals surface area contributed by atoms with Crippen LogP contribution in [0.4, 0.5) is 5.69 Å². The van der Waals surface area contributed by atoms with Crippen LogP contribution in [0.2, 0.25) is 5.02 Å². The Morgan fingerprint density at radius 3 is 2.77 bits per heavy atom. The molecule has 2 fully saturated rings. The molecule has 4 heterocycles. The van der Waals surface area contributed by atoms with E-state index in [1.54, 1.807) is 28.0 Å². The zero-order valence-corrected chi connectivity index (χ0v) is 21.1. The quantitative estimate of drug-likeness (QED) is 0.488. The molecule has 9 heteroatoms. The van der Waals surface area contributed by atoms with Crippen LogP contribution in [-0.2, 0) is 19.1 Å². The number of aliphatic hydroxyl groups is 1. The molecule has 0 aliphatic carbocycles. The fourth-order valence-electron chi connectivity index (χ4n) is 5.89. The van der Waals surface area contributed by atoms with Crippen molar-refractivity contribution in [3.63, 3.8) is 0 Å². The van der Waals surface area contributed by atoms with E-state index >= 15 is 0 Å². The Labute approximate surface area is 214 Å². The Morgan fingerprint density at radius 1 is 1.23 bits per heavy atom. The van der Waals surface area contributed by atoms with Gasteiger partial charge in [-0.3, -0.25) is 14.4 Å². The monoisotopic (exact) mass is 516 g/mol. The van der Waals surface area contributed by atoms with Gasteiger partial charge in [0.15, 0.2) is 0 Å². The Morgan fingerprint density at radius 2 is 2.03 bits per heavy atom. The number of likely N-dealkylation sites (tertiary alicyclic amines) is 1. The Kier molecular flexibility index (Phi) is 6.72. The second kappa shape index (κ2) is 9.64. The topological polar surface area (TPSA) is 87.2 Å². The van der Waals surface area contributed by atoms with Crippen LogP contribution < -0.4 is 4.90 Å². The maximum atomic E-state index is 14.3. The van der Waals surface area contributed by atoms with Gasteiger partial charge in [0.1, 0.15) is 6.04 Å². The molecular weight excluding hydrogens is 488 g/mol. The molecule has 0 saturated carbocycles. The first-order valence-electron chi connectivity index (χ1n) is 12.1.